The van der Waals surface area contributed by atoms with Crippen LogP contribution in [-0.4, -0.2) is 19.5 Å². The summed E-state index contributed by atoms with van der Waals surface area (Å²) in [7, 11) is -3.75. The lowest BCUT2D eigenvalue weighted by Gasteiger charge is -2.07. The lowest BCUT2D eigenvalue weighted by molar-refractivity contribution is 0.335. The van der Waals surface area contributed by atoms with Crippen LogP contribution in [0.2, 0.25) is 0 Å². The number of hydrogen-bond donors (Lipinski definition) is 0. The van der Waals surface area contributed by atoms with Crippen LogP contribution in [0, 0.1) is 17.2 Å². The minimum atomic E-state index is -3.75. The Morgan fingerprint density at radius 1 is 1.35 bits per heavy atom. The summed E-state index contributed by atoms with van der Waals surface area (Å²) in [5.74, 6) is -0.00635. The fraction of sp³-hybridized carbons (Fsp3) is 0.417. The summed E-state index contributed by atoms with van der Waals surface area (Å²) in [5, 5.41) is 9.12. The van der Waals surface area contributed by atoms with Crippen LogP contribution in [0.3, 0.4) is 0 Å². The maximum absolute atomic E-state index is 12.3. The number of sulfone groups is 1. The zero-order valence-electron chi connectivity index (χ0n) is 9.62. The molecule has 0 aliphatic carbocycles. The van der Waals surface area contributed by atoms with Crippen LogP contribution in [0.5, 0.6) is 0 Å². The molecule has 2 rings (SSSR count). The van der Waals surface area contributed by atoms with Crippen LogP contribution in [-0.2, 0) is 14.6 Å². The van der Waals surface area contributed by atoms with Gasteiger partial charge in [0.15, 0.2) is 0 Å². The molecule has 90 valence electrons. The van der Waals surface area contributed by atoms with Gasteiger partial charge in [0.2, 0.25) is 9.84 Å². The predicted molar refractivity (Wildman–Crippen MR) is 61.7 cm³/mol. The molecule has 2 atom stereocenters. The van der Waals surface area contributed by atoms with Crippen LogP contribution < -0.4 is 0 Å². The van der Waals surface area contributed by atoms with E-state index in [2.05, 4.69) is 0 Å². The summed E-state index contributed by atoms with van der Waals surface area (Å²) in [5.41, 5.74) is 0. The molecule has 1 aromatic rings. The Bertz CT molecular complexity index is 559. The molecule has 1 fully saturated rings. The zero-order valence-corrected chi connectivity index (χ0v) is 10.4. The lowest BCUT2D eigenvalue weighted by atomic mass is 10.1. The molecule has 1 heterocycles. The van der Waals surface area contributed by atoms with E-state index in [9.17, 15) is 8.42 Å². The SMILES string of the molecule is CC(C)[C@H]1O[C@]1(C#N)S(=O)(=O)c1ccccc1. The van der Waals surface area contributed by atoms with Crippen LogP contribution in [0.4, 0.5) is 0 Å². The molecule has 0 unspecified atom stereocenters. The molecule has 0 aromatic heterocycles. The van der Waals surface area contributed by atoms with Gasteiger partial charge in [-0.15, -0.1) is 0 Å². The van der Waals surface area contributed by atoms with Gasteiger partial charge < -0.3 is 4.74 Å². The Morgan fingerprint density at radius 2 is 1.94 bits per heavy atom. The first-order valence-corrected chi connectivity index (χ1v) is 6.83. The summed E-state index contributed by atoms with van der Waals surface area (Å²) >= 11 is 0. The van der Waals surface area contributed by atoms with E-state index in [4.69, 9.17) is 10.00 Å². The molecule has 1 aliphatic heterocycles. The Balaban J connectivity index is 2.45. The summed E-state index contributed by atoms with van der Waals surface area (Å²) in [4.78, 5) is -1.56. The number of benzene rings is 1. The van der Waals surface area contributed by atoms with E-state index in [1.807, 2.05) is 19.9 Å². The van der Waals surface area contributed by atoms with Gasteiger partial charge in [0.1, 0.15) is 12.2 Å². The topological polar surface area (TPSA) is 70.5 Å². The van der Waals surface area contributed by atoms with Crippen molar-refractivity contribution < 1.29 is 13.2 Å². The maximum Gasteiger partial charge on any atom is 0.287 e. The Hall–Kier alpha value is -1.38. The number of hydrogen-bond acceptors (Lipinski definition) is 4. The second-order valence-electron chi connectivity index (χ2n) is 4.38. The molecular weight excluding hydrogens is 238 g/mol. The van der Waals surface area contributed by atoms with Gasteiger partial charge in [0, 0.05) is 0 Å². The van der Waals surface area contributed by atoms with E-state index in [-0.39, 0.29) is 10.8 Å². The quantitative estimate of drug-likeness (QED) is 0.767. The highest BCUT2D eigenvalue weighted by atomic mass is 32.2. The fourth-order valence-electron chi connectivity index (χ4n) is 1.87. The molecule has 0 radical (unpaired) electrons. The van der Waals surface area contributed by atoms with Crippen molar-refractivity contribution in [1.29, 1.82) is 5.26 Å². The normalized spacial score (nSPS) is 27.8. The van der Waals surface area contributed by atoms with Crippen LogP contribution in [0.1, 0.15) is 13.8 Å². The first-order chi connectivity index (χ1) is 7.95. The lowest BCUT2D eigenvalue weighted by Crippen LogP contribution is -2.27. The standard InChI is InChI=1S/C12H13NO3S/c1-9(2)11-12(8-13,16-11)17(14,15)10-6-4-3-5-7-10/h3-7,9,11H,1-2H3/t11-,12-/m1/s1. The Labute approximate surface area is 101 Å². The van der Waals surface area contributed by atoms with Gasteiger partial charge in [-0.3, -0.25) is 0 Å². The van der Waals surface area contributed by atoms with Gasteiger partial charge in [-0.2, -0.15) is 5.26 Å². The Morgan fingerprint density at radius 3 is 2.35 bits per heavy atom. The number of nitriles is 1. The van der Waals surface area contributed by atoms with E-state index >= 15 is 0 Å². The molecule has 17 heavy (non-hydrogen) atoms. The molecule has 1 saturated heterocycles. The first kappa shape index (κ1) is 12.1. The summed E-state index contributed by atoms with van der Waals surface area (Å²) in [6, 6.07) is 9.76. The van der Waals surface area contributed by atoms with Crippen molar-refractivity contribution in [2.75, 3.05) is 0 Å². The van der Waals surface area contributed by atoms with Gasteiger partial charge >= 0.3 is 0 Å². The van der Waals surface area contributed by atoms with Crippen LogP contribution in [0.25, 0.3) is 0 Å². The van der Waals surface area contributed by atoms with Gasteiger partial charge in [-0.25, -0.2) is 8.42 Å². The van der Waals surface area contributed by atoms with Crippen molar-refractivity contribution in [2.45, 2.75) is 29.8 Å². The predicted octanol–water partition coefficient (Wildman–Crippen LogP) is 1.73. The molecule has 1 aromatic carbocycles. The van der Waals surface area contributed by atoms with Gasteiger partial charge in [-0.1, -0.05) is 32.0 Å². The molecule has 1 aliphatic rings. The van der Waals surface area contributed by atoms with Crippen molar-refractivity contribution in [3.05, 3.63) is 30.3 Å². The highest BCUT2D eigenvalue weighted by molar-refractivity contribution is 7.93. The number of nitrogens with zero attached hydrogens (tertiary/aromatic N) is 1. The van der Waals surface area contributed by atoms with E-state index in [0.29, 0.717) is 0 Å². The molecule has 0 spiro atoms. The second-order valence-corrected chi connectivity index (χ2v) is 6.46. The van der Waals surface area contributed by atoms with Crippen molar-refractivity contribution in [3.8, 4) is 6.07 Å². The monoisotopic (exact) mass is 251 g/mol. The number of epoxide rings is 1. The minimum Gasteiger partial charge on any atom is -0.336 e. The molecule has 0 N–H and O–H groups in total. The first-order valence-electron chi connectivity index (χ1n) is 5.34. The third kappa shape index (κ3) is 1.65. The van der Waals surface area contributed by atoms with E-state index in [1.165, 1.54) is 12.1 Å². The van der Waals surface area contributed by atoms with Crippen molar-refractivity contribution in [2.24, 2.45) is 5.92 Å². The maximum atomic E-state index is 12.3. The smallest absolute Gasteiger partial charge is 0.287 e. The molecule has 0 saturated carbocycles. The molecule has 0 amide bonds. The number of ether oxygens (including phenoxy) is 1. The van der Waals surface area contributed by atoms with Crippen molar-refractivity contribution in [1.82, 2.24) is 0 Å². The van der Waals surface area contributed by atoms with Gasteiger partial charge in [0.05, 0.1) is 4.90 Å². The fourth-order valence-corrected chi connectivity index (χ4v) is 3.66. The summed E-state index contributed by atoms with van der Waals surface area (Å²) in [6.07, 6.45) is -0.544. The van der Waals surface area contributed by atoms with Gasteiger partial charge in [-0.05, 0) is 18.1 Å². The molecule has 5 heteroatoms. The highest BCUT2D eigenvalue weighted by Gasteiger charge is 2.68. The summed E-state index contributed by atoms with van der Waals surface area (Å²) < 4.78 is 29.8. The molecule has 4 nitrogen and oxygen atoms in total. The summed E-state index contributed by atoms with van der Waals surface area (Å²) in [6.45, 7) is 3.68. The van der Waals surface area contributed by atoms with Crippen molar-refractivity contribution >= 4 is 9.84 Å². The molecule has 0 bridgehead atoms. The van der Waals surface area contributed by atoms with E-state index < -0.39 is 20.9 Å². The van der Waals surface area contributed by atoms with Gasteiger partial charge in [0.25, 0.3) is 4.93 Å². The van der Waals surface area contributed by atoms with Crippen LogP contribution >= 0.6 is 0 Å². The second kappa shape index (κ2) is 3.83. The molecular formula is C12H13NO3S. The zero-order chi connectivity index (χ0) is 12.7. The van der Waals surface area contributed by atoms with E-state index in [1.54, 1.807) is 18.2 Å². The van der Waals surface area contributed by atoms with Crippen molar-refractivity contribution in [3.63, 3.8) is 0 Å². The third-order valence-electron chi connectivity index (χ3n) is 2.83. The van der Waals surface area contributed by atoms with E-state index in [0.717, 1.165) is 0 Å². The highest BCUT2D eigenvalue weighted by Crippen LogP contribution is 2.47. The largest absolute Gasteiger partial charge is 0.336 e. The number of rotatable bonds is 3. The average Bonchev–Trinajstić information content (AvgIpc) is 3.07. The third-order valence-corrected chi connectivity index (χ3v) is 4.94. The van der Waals surface area contributed by atoms with Crippen LogP contribution in [0.15, 0.2) is 35.2 Å². The average molecular weight is 251 g/mol. The Kier molecular flexibility index (Phi) is 2.72. The minimum absolute atomic E-state index is 0.00635.